The summed E-state index contributed by atoms with van der Waals surface area (Å²) in [6.07, 6.45) is -4.30. The summed E-state index contributed by atoms with van der Waals surface area (Å²) >= 11 is 0. The second-order valence-electron chi connectivity index (χ2n) is 5.06. The van der Waals surface area contributed by atoms with Gasteiger partial charge in [-0.05, 0) is 26.0 Å². The highest BCUT2D eigenvalue weighted by molar-refractivity contribution is 5.93. The number of amides is 1. The standard InChI is InChI=1S/C14H20F3N3O/c1-10(2)20(9-14(15,16)17)8-7-13(21)19-12-6-4-3-5-11(12)18/h3-6,10H,7-9,18H2,1-2H3,(H,19,21). The predicted octanol–water partition coefficient (Wildman–Crippen LogP) is 2.87. The molecule has 1 aromatic carbocycles. The van der Waals surface area contributed by atoms with Crippen LogP contribution in [0.5, 0.6) is 0 Å². The molecule has 1 aromatic rings. The molecule has 0 aliphatic heterocycles. The van der Waals surface area contributed by atoms with E-state index in [1.165, 1.54) is 4.90 Å². The van der Waals surface area contributed by atoms with Crippen LogP contribution in [0.25, 0.3) is 0 Å². The molecule has 0 spiro atoms. The average molecular weight is 303 g/mol. The van der Waals surface area contributed by atoms with Crippen molar-refractivity contribution in [2.24, 2.45) is 0 Å². The zero-order valence-corrected chi connectivity index (χ0v) is 12.1. The van der Waals surface area contributed by atoms with Crippen LogP contribution in [0.3, 0.4) is 0 Å². The van der Waals surface area contributed by atoms with E-state index >= 15 is 0 Å². The zero-order valence-electron chi connectivity index (χ0n) is 12.1. The maximum atomic E-state index is 12.4. The number of anilines is 2. The number of carbonyl (C=O) groups is 1. The molecule has 1 rings (SSSR count). The lowest BCUT2D eigenvalue weighted by Gasteiger charge is -2.27. The fourth-order valence-corrected chi connectivity index (χ4v) is 1.82. The monoisotopic (exact) mass is 303 g/mol. The maximum absolute atomic E-state index is 12.4. The minimum atomic E-state index is -4.27. The Labute approximate surface area is 122 Å². The molecule has 4 nitrogen and oxygen atoms in total. The molecule has 0 unspecified atom stereocenters. The van der Waals surface area contributed by atoms with Crippen LogP contribution in [0.15, 0.2) is 24.3 Å². The van der Waals surface area contributed by atoms with Crippen molar-refractivity contribution in [2.75, 3.05) is 24.1 Å². The summed E-state index contributed by atoms with van der Waals surface area (Å²) in [7, 11) is 0. The molecular weight excluding hydrogens is 283 g/mol. The lowest BCUT2D eigenvalue weighted by molar-refractivity contribution is -0.150. The summed E-state index contributed by atoms with van der Waals surface area (Å²) in [5, 5.41) is 2.60. The van der Waals surface area contributed by atoms with Crippen LogP contribution < -0.4 is 11.1 Å². The summed E-state index contributed by atoms with van der Waals surface area (Å²) in [5.41, 5.74) is 6.57. The van der Waals surface area contributed by atoms with E-state index in [0.717, 1.165) is 0 Å². The lowest BCUT2D eigenvalue weighted by atomic mass is 10.2. The largest absolute Gasteiger partial charge is 0.401 e. The topological polar surface area (TPSA) is 58.4 Å². The van der Waals surface area contributed by atoms with Gasteiger partial charge in [-0.1, -0.05) is 12.1 Å². The van der Waals surface area contributed by atoms with Gasteiger partial charge in [-0.3, -0.25) is 9.69 Å². The highest BCUT2D eigenvalue weighted by atomic mass is 19.4. The van der Waals surface area contributed by atoms with Gasteiger partial charge in [-0.2, -0.15) is 13.2 Å². The maximum Gasteiger partial charge on any atom is 0.401 e. The Balaban J connectivity index is 2.52. The summed E-state index contributed by atoms with van der Waals surface area (Å²) < 4.78 is 37.3. The summed E-state index contributed by atoms with van der Waals surface area (Å²) in [5.74, 6) is -0.360. The molecule has 0 fully saturated rings. The molecule has 0 aliphatic carbocycles. The van der Waals surface area contributed by atoms with Crippen LogP contribution in [0.1, 0.15) is 20.3 Å². The molecule has 0 saturated heterocycles. The SMILES string of the molecule is CC(C)N(CCC(=O)Nc1ccccc1N)CC(F)(F)F. The van der Waals surface area contributed by atoms with E-state index in [-0.39, 0.29) is 24.9 Å². The fourth-order valence-electron chi connectivity index (χ4n) is 1.82. The number of rotatable bonds is 6. The quantitative estimate of drug-likeness (QED) is 0.795. The summed E-state index contributed by atoms with van der Waals surface area (Å²) in [4.78, 5) is 13.0. The molecule has 1 amide bonds. The number of nitrogens with two attached hydrogens (primary N) is 1. The van der Waals surface area contributed by atoms with Crippen molar-refractivity contribution in [3.05, 3.63) is 24.3 Å². The molecular formula is C14H20F3N3O. The molecule has 3 N–H and O–H groups in total. The number of para-hydroxylation sites is 2. The van der Waals surface area contributed by atoms with Gasteiger partial charge in [0.25, 0.3) is 0 Å². The number of nitrogens with one attached hydrogen (secondary N) is 1. The molecule has 0 aliphatic rings. The van der Waals surface area contributed by atoms with Crippen molar-refractivity contribution in [2.45, 2.75) is 32.5 Å². The van der Waals surface area contributed by atoms with Gasteiger partial charge in [0.15, 0.2) is 0 Å². The number of hydrogen-bond donors (Lipinski definition) is 2. The van der Waals surface area contributed by atoms with E-state index in [2.05, 4.69) is 5.32 Å². The van der Waals surface area contributed by atoms with Crippen LogP contribution in [-0.2, 0) is 4.79 Å². The Bertz CT molecular complexity index is 475. The fraction of sp³-hybridized carbons (Fsp3) is 0.500. The molecule has 0 saturated carbocycles. The number of alkyl halides is 3. The van der Waals surface area contributed by atoms with Gasteiger partial charge in [0.2, 0.25) is 5.91 Å². The number of nitrogens with zero attached hydrogens (tertiary/aromatic N) is 1. The van der Waals surface area contributed by atoms with Gasteiger partial charge in [0.05, 0.1) is 17.9 Å². The van der Waals surface area contributed by atoms with E-state index in [0.29, 0.717) is 11.4 Å². The number of hydrogen-bond acceptors (Lipinski definition) is 3. The molecule has 7 heteroatoms. The van der Waals surface area contributed by atoms with Crippen LogP contribution >= 0.6 is 0 Å². The third kappa shape index (κ3) is 6.48. The lowest BCUT2D eigenvalue weighted by Crippen LogP contribution is -2.40. The van der Waals surface area contributed by atoms with E-state index in [1.807, 2.05) is 0 Å². The van der Waals surface area contributed by atoms with Crippen molar-refractivity contribution in [3.8, 4) is 0 Å². The Morgan fingerprint density at radius 2 is 1.95 bits per heavy atom. The molecule has 21 heavy (non-hydrogen) atoms. The van der Waals surface area contributed by atoms with Crippen LogP contribution in [-0.4, -0.2) is 36.1 Å². The number of benzene rings is 1. The second kappa shape index (κ2) is 7.31. The molecule has 118 valence electrons. The van der Waals surface area contributed by atoms with Crippen LogP contribution in [0.2, 0.25) is 0 Å². The van der Waals surface area contributed by atoms with Crippen LogP contribution in [0.4, 0.5) is 24.5 Å². The summed E-state index contributed by atoms with van der Waals surface area (Å²) in [6.45, 7) is 2.35. The Hall–Kier alpha value is -1.76. The average Bonchev–Trinajstić information content (AvgIpc) is 2.35. The van der Waals surface area contributed by atoms with Gasteiger partial charge in [0.1, 0.15) is 0 Å². The Morgan fingerprint density at radius 3 is 2.48 bits per heavy atom. The van der Waals surface area contributed by atoms with E-state index in [4.69, 9.17) is 5.73 Å². The molecule has 0 bridgehead atoms. The Morgan fingerprint density at radius 1 is 1.33 bits per heavy atom. The normalized spacial score (nSPS) is 12.0. The molecule has 0 radical (unpaired) electrons. The number of nitrogen functional groups attached to an aromatic ring is 1. The molecule has 0 aromatic heterocycles. The smallest absolute Gasteiger partial charge is 0.397 e. The van der Waals surface area contributed by atoms with Crippen molar-refractivity contribution in [1.82, 2.24) is 4.90 Å². The van der Waals surface area contributed by atoms with Crippen molar-refractivity contribution >= 4 is 17.3 Å². The first-order valence-electron chi connectivity index (χ1n) is 6.64. The first-order chi connectivity index (χ1) is 9.69. The van der Waals surface area contributed by atoms with E-state index < -0.39 is 12.7 Å². The predicted molar refractivity (Wildman–Crippen MR) is 76.9 cm³/mol. The van der Waals surface area contributed by atoms with Crippen molar-refractivity contribution in [3.63, 3.8) is 0 Å². The third-order valence-corrected chi connectivity index (χ3v) is 2.97. The first kappa shape index (κ1) is 17.3. The van der Waals surface area contributed by atoms with Gasteiger partial charge in [0, 0.05) is 19.0 Å². The highest BCUT2D eigenvalue weighted by Crippen LogP contribution is 2.19. The highest BCUT2D eigenvalue weighted by Gasteiger charge is 2.31. The zero-order chi connectivity index (χ0) is 16.0. The minimum Gasteiger partial charge on any atom is -0.397 e. The minimum absolute atomic E-state index is 0.0252. The molecule has 0 heterocycles. The Kier molecular flexibility index (Phi) is 6.02. The van der Waals surface area contributed by atoms with Gasteiger partial charge in [-0.25, -0.2) is 0 Å². The van der Waals surface area contributed by atoms with E-state index in [9.17, 15) is 18.0 Å². The van der Waals surface area contributed by atoms with Gasteiger partial charge in [-0.15, -0.1) is 0 Å². The van der Waals surface area contributed by atoms with Crippen molar-refractivity contribution < 1.29 is 18.0 Å². The van der Waals surface area contributed by atoms with E-state index in [1.54, 1.807) is 38.1 Å². The van der Waals surface area contributed by atoms with Crippen LogP contribution in [0, 0.1) is 0 Å². The number of halogens is 3. The van der Waals surface area contributed by atoms with Gasteiger partial charge >= 0.3 is 6.18 Å². The van der Waals surface area contributed by atoms with Crippen molar-refractivity contribution in [1.29, 1.82) is 0 Å². The summed E-state index contributed by atoms with van der Waals surface area (Å²) in [6, 6.07) is 6.44. The first-order valence-corrected chi connectivity index (χ1v) is 6.64. The second-order valence-corrected chi connectivity index (χ2v) is 5.06. The third-order valence-electron chi connectivity index (χ3n) is 2.97. The molecule has 0 atom stereocenters. The number of carbonyl (C=O) groups excluding carboxylic acids is 1. The van der Waals surface area contributed by atoms with Gasteiger partial charge < -0.3 is 11.1 Å².